The molecule has 0 bridgehead atoms. The molecule has 0 aliphatic carbocycles. The number of pyridine rings is 1. The lowest BCUT2D eigenvalue weighted by molar-refractivity contribution is -0.671. The fourth-order valence-corrected chi connectivity index (χ4v) is 3.23. The normalized spacial score (nSPS) is 10.8. The molecule has 0 unspecified atom stereocenters. The molecule has 4 rings (SSSR count). The molecule has 3 heteroatoms. The summed E-state index contributed by atoms with van der Waals surface area (Å²) in [5.74, 6) is 0. The molecular weight excluding hydrogens is 318 g/mol. The van der Waals surface area contributed by atoms with E-state index in [1.54, 1.807) is 0 Å². The Hall–Kier alpha value is -3.20. The van der Waals surface area contributed by atoms with Gasteiger partial charge in [-0.15, -0.1) is 0 Å². The van der Waals surface area contributed by atoms with E-state index in [0.717, 1.165) is 24.2 Å². The van der Waals surface area contributed by atoms with Crippen molar-refractivity contribution in [2.75, 3.05) is 0 Å². The van der Waals surface area contributed by atoms with Gasteiger partial charge in [-0.3, -0.25) is 4.98 Å². The summed E-state index contributed by atoms with van der Waals surface area (Å²) in [7, 11) is 2.07. The van der Waals surface area contributed by atoms with Crippen LogP contribution in [0.4, 0.5) is 0 Å². The average Bonchev–Trinajstić information content (AvgIpc) is 3.02. The van der Waals surface area contributed by atoms with E-state index in [2.05, 4.69) is 88.3 Å². The summed E-state index contributed by atoms with van der Waals surface area (Å²) in [6, 6.07) is 25.1. The van der Waals surface area contributed by atoms with Crippen LogP contribution in [-0.2, 0) is 20.0 Å². The highest BCUT2D eigenvalue weighted by Gasteiger charge is 2.13. The summed E-state index contributed by atoms with van der Waals surface area (Å²) in [5, 5.41) is 0. The number of hydrogen-bond donors (Lipinski definition) is 0. The Labute approximate surface area is 154 Å². The smallest absolute Gasteiger partial charge is 0.244 e. The molecule has 26 heavy (non-hydrogen) atoms. The fraction of sp³-hybridized carbons (Fsp3) is 0.130. The lowest BCUT2D eigenvalue weighted by Gasteiger charge is -2.04. The van der Waals surface area contributed by atoms with Crippen molar-refractivity contribution in [2.45, 2.75) is 13.0 Å². The molecule has 0 N–H and O–H groups in total. The van der Waals surface area contributed by atoms with E-state index in [-0.39, 0.29) is 0 Å². The van der Waals surface area contributed by atoms with E-state index in [1.807, 2.05) is 24.4 Å². The summed E-state index contributed by atoms with van der Waals surface area (Å²) >= 11 is 0. The van der Waals surface area contributed by atoms with E-state index < -0.39 is 0 Å². The number of hydrogen-bond acceptors (Lipinski definition) is 1. The highest BCUT2D eigenvalue weighted by atomic mass is 15.1. The minimum atomic E-state index is 0.824. The molecule has 0 aliphatic rings. The van der Waals surface area contributed by atoms with Crippen molar-refractivity contribution in [3.05, 3.63) is 108 Å². The third-order valence-corrected chi connectivity index (χ3v) is 4.52. The molecule has 0 amide bonds. The van der Waals surface area contributed by atoms with Crippen LogP contribution in [0.3, 0.4) is 0 Å². The fourth-order valence-electron chi connectivity index (χ4n) is 3.23. The molecule has 0 saturated carbocycles. The maximum absolute atomic E-state index is 4.65. The van der Waals surface area contributed by atoms with Gasteiger partial charge >= 0.3 is 0 Å². The van der Waals surface area contributed by atoms with Crippen LogP contribution in [0.2, 0.25) is 0 Å². The Kier molecular flexibility index (Phi) is 4.61. The van der Waals surface area contributed by atoms with E-state index in [4.69, 9.17) is 0 Å². The third kappa shape index (κ3) is 3.72. The van der Waals surface area contributed by atoms with E-state index in [9.17, 15) is 0 Å². The molecule has 0 fully saturated rings. The van der Waals surface area contributed by atoms with Crippen molar-refractivity contribution in [1.29, 1.82) is 0 Å². The summed E-state index contributed by atoms with van der Waals surface area (Å²) in [6.07, 6.45) is 7.24. The van der Waals surface area contributed by atoms with Gasteiger partial charge in [-0.1, -0.05) is 66.7 Å². The van der Waals surface area contributed by atoms with Gasteiger partial charge in [0.2, 0.25) is 6.33 Å². The van der Waals surface area contributed by atoms with Gasteiger partial charge in [-0.25, -0.2) is 9.13 Å². The van der Waals surface area contributed by atoms with Crippen LogP contribution in [-0.4, -0.2) is 9.55 Å². The zero-order valence-electron chi connectivity index (χ0n) is 14.9. The number of aryl methyl sites for hydroxylation is 1. The number of aromatic nitrogens is 3. The van der Waals surface area contributed by atoms with Gasteiger partial charge in [-0.05, 0) is 11.6 Å². The molecule has 4 aromatic rings. The largest absolute Gasteiger partial charge is 0.256 e. The number of benzene rings is 2. The zero-order valence-corrected chi connectivity index (χ0v) is 14.9. The monoisotopic (exact) mass is 340 g/mol. The Morgan fingerprint density at radius 1 is 0.846 bits per heavy atom. The van der Waals surface area contributed by atoms with Crippen molar-refractivity contribution >= 4 is 0 Å². The first-order valence-corrected chi connectivity index (χ1v) is 8.86. The maximum atomic E-state index is 4.65. The summed E-state index contributed by atoms with van der Waals surface area (Å²) < 4.78 is 4.41. The quantitative estimate of drug-likeness (QED) is 0.503. The molecule has 3 nitrogen and oxygen atoms in total. The predicted molar refractivity (Wildman–Crippen MR) is 104 cm³/mol. The zero-order chi connectivity index (χ0) is 17.8. The van der Waals surface area contributed by atoms with Crippen molar-refractivity contribution in [3.63, 3.8) is 0 Å². The van der Waals surface area contributed by atoms with Gasteiger partial charge in [0.25, 0.3) is 0 Å². The minimum absolute atomic E-state index is 0.824. The molecule has 2 heterocycles. The van der Waals surface area contributed by atoms with Crippen LogP contribution in [0, 0.1) is 0 Å². The second-order valence-electron chi connectivity index (χ2n) is 6.61. The van der Waals surface area contributed by atoms with Gasteiger partial charge in [0.05, 0.1) is 12.7 Å². The van der Waals surface area contributed by atoms with Gasteiger partial charge in [0, 0.05) is 23.7 Å². The summed E-state index contributed by atoms with van der Waals surface area (Å²) in [6.45, 7) is 0.824. The van der Waals surface area contributed by atoms with Crippen LogP contribution in [0.25, 0.3) is 11.3 Å². The van der Waals surface area contributed by atoms with Crippen LogP contribution in [0.1, 0.15) is 16.8 Å². The molecule has 0 atom stereocenters. The summed E-state index contributed by atoms with van der Waals surface area (Å²) in [5.41, 5.74) is 5.99. The SMILES string of the molecule is C[n+]1cc(Cc2ccccc2)n(Cc2ccc(-c3ccccc3)nc2)c1. The van der Waals surface area contributed by atoms with Gasteiger partial charge in [-0.2, -0.15) is 0 Å². The number of nitrogens with zero attached hydrogens (tertiary/aromatic N) is 3. The maximum Gasteiger partial charge on any atom is 0.244 e. The molecule has 128 valence electrons. The van der Waals surface area contributed by atoms with Gasteiger partial charge in [0.15, 0.2) is 0 Å². The average molecular weight is 340 g/mol. The molecular formula is C23H22N3+. The first kappa shape index (κ1) is 16.3. The molecule has 0 aliphatic heterocycles. The standard InChI is InChI=1S/C23H22N3/c1-25-17-22(14-19-8-4-2-5-9-19)26(18-25)16-20-12-13-23(24-15-20)21-10-6-3-7-11-21/h2-13,15,17-18H,14,16H2,1H3/q+1. The number of rotatable bonds is 5. The second kappa shape index (κ2) is 7.36. The van der Waals surface area contributed by atoms with Crippen LogP contribution in [0.5, 0.6) is 0 Å². The highest BCUT2D eigenvalue weighted by molar-refractivity contribution is 5.58. The Bertz CT molecular complexity index is 971. The lowest BCUT2D eigenvalue weighted by atomic mass is 10.1. The lowest BCUT2D eigenvalue weighted by Crippen LogP contribution is -2.23. The van der Waals surface area contributed by atoms with E-state index >= 15 is 0 Å². The van der Waals surface area contributed by atoms with Crippen LogP contribution in [0.15, 0.2) is 91.5 Å². The second-order valence-corrected chi connectivity index (χ2v) is 6.61. The van der Waals surface area contributed by atoms with Crippen molar-refractivity contribution in [1.82, 2.24) is 9.55 Å². The summed E-state index contributed by atoms with van der Waals surface area (Å²) in [4.78, 5) is 4.65. The molecule has 2 aromatic heterocycles. The van der Waals surface area contributed by atoms with Gasteiger partial charge < -0.3 is 0 Å². The van der Waals surface area contributed by atoms with Crippen molar-refractivity contribution in [2.24, 2.45) is 7.05 Å². The molecule has 0 spiro atoms. The van der Waals surface area contributed by atoms with Crippen LogP contribution < -0.4 is 4.57 Å². The minimum Gasteiger partial charge on any atom is -0.256 e. The first-order valence-electron chi connectivity index (χ1n) is 8.86. The predicted octanol–water partition coefficient (Wildman–Crippen LogP) is 4.01. The molecule has 2 aromatic carbocycles. The topological polar surface area (TPSA) is 21.7 Å². The Morgan fingerprint density at radius 3 is 2.27 bits per heavy atom. The van der Waals surface area contributed by atoms with Gasteiger partial charge in [0.1, 0.15) is 18.4 Å². The molecule has 0 radical (unpaired) electrons. The van der Waals surface area contributed by atoms with Crippen molar-refractivity contribution in [3.8, 4) is 11.3 Å². The van der Waals surface area contributed by atoms with E-state index in [0.29, 0.717) is 0 Å². The van der Waals surface area contributed by atoms with E-state index in [1.165, 1.54) is 16.8 Å². The highest BCUT2D eigenvalue weighted by Crippen LogP contribution is 2.17. The third-order valence-electron chi connectivity index (χ3n) is 4.52. The van der Waals surface area contributed by atoms with Crippen LogP contribution >= 0.6 is 0 Å². The Morgan fingerprint density at radius 2 is 1.58 bits per heavy atom. The van der Waals surface area contributed by atoms with Crippen molar-refractivity contribution < 1.29 is 4.57 Å². The Balaban J connectivity index is 1.54. The number of imidazole rings is 1. The first-order chi connectivity index (χ1) is 12.8. The molecule has 0 saturated heterocycles.